The average Bonchev–Trinajstić information content (AvgIpc) is 2.54. The zero-order valence-corrected chi connectivity index (χ0v) is 16.7. The van der Waals surface area contributed by atoms with Crippen molar-refractivity contribution in [3.63, 3.8) is 0 Å². The maximum Gasteiger partial charge on any atom is 0.0286 e. The quantitative estimate of drug-likeness (QED) is 0.563. The standard InChI is InChI=1S/C23H37N/c1-17(2)15-23(24-13-11-21(12-14-24)18(3)4)16-20(6)22-9-7-19(5)8-10-22/h7-10,15,18,20-21,23H,11-14,16H2,1-6H3/t20-,23?/m0/s1. The third-order valence-electron chi connectivity index (χ3n) is 5.75. The van der Waals surface area contributed by atoms with Gasteiger partial charge in [0, 0.05) is 6.04 Å². The number of rotatable bonds is 6. The van der Waals surface area contributed by atoms with Crippen LogP contribution in [-0.2, 0) is 0 Å². The number of benzene rings is 1. The Labute approximate surface area is 150 Å². The van der Waals surface area contributed by atoms with E-state index in [9.17, 15) is 0 Å². The fourth-order valence-electron chi connectivity index (χ4n) is 4.02. The van der Waals surface area contributed by atoms with Crippen molar-refractivity contribution in [1.82, 2.24) is 4.90 Å². The Hall–Kier alpha value is -1.08. The minimum atomic E-state index is 0.583. The molecule has 0 aliphatic carbocycles. The van der Waals surface area contributed by atoms with Gasteiger partial charge in [0.15, 0.2) is 0 Å². The molecule has 0 spiro atoms. The van der Waals surface area contributed by atoms with Crippen LogP contribution in [0, 0.1) is 18.8 Å². The van der Waals surface area contributed by atoms with Crippen molar-refractivity contribution < 1.29 is 0 Å². The van der Waals surface area contributed by atoms with Gasteiger partial charge in [-0.25, -0.2) is 0 Å². The number of hydrogen-bond donors (Lipinski definition) is 0. The van der Waals surface area contributed by atoms with Gasteiger partial charge in [-0.3, -0.25) is 4.90 Å². The second kappa shape index (κ2) is 8.85. The van der Waals surface area contributed by atoms with Gasteiger partial charge < -0.3 is 0 Å². The molecule has 1 aromatic rings. The fourth-order valence-corrected chi connectivity index (χ4v) is 4.02. The van der Waals surface area contributed by atoms with E-state index < -0.39 is 0 Å². The molecule has 1 heteroatoms. The SMILES string of the molecule is CC(C)=CC(C[C@H](C)c1ccc(C)cc1)N1CCC(C(C)C)CC1. The number of piperidine rings is 1. The zero-order valence-electron chi connectivity index (χ0n) is 16.7. The molecule has 0 amide bonds. The van der Waals surface area contributed by atoms with Crippen LogP contribution < -0.4 is 0 Å². The molecule has 1 aliphatic heterocycles. The Morgan fingerprint density at radius 1 is 1.08 bits per heavy atom. The van der Waals surface area contributed by atoms with Crippen LogP contribution in [0.3, 0.4) is 0 Å². The Morgan fingerprint density at radius 2 is 1.67 bits per heavy atom. The van der Waals surface area contributed by atoms with Gasteiger partial charge in [-0.15, -0.1) is 0 Å². The summed E-state index contributed by atoms with van der Waals surface area (Å²) in [5.74, 6) is 2.36. The molecule has 134 valence electrons. The lowest BCUT2D eigenvalue weighted by molar-refractivity contribution is 0.126. The van der Waals surface area contributed by atoms with Crippen molar-refractivity contribution in [3.05, 3.63) is 47.0 Å². The topological polar surface area (TPSA) is 3.24 Å². The summed E-state index contributed by atoms with van der Waals surface area (Å²) in [7, 11) is 0. The molecule has 2 rings (SSSR count). The minimum Gasteiger partial charge on any atom is -0.297 e. The summed E-state index contributed by atoms with van der Waals surface area (Å²) in [5.41, 5.74) is 4.27. The second-order valence-corrected chi connectivity index (χ2v) is 8.48. The average molecular weight is 328 g/mol. The van der Waals surface area contributed by atoms with Gasteiger partial charge in [-0.1, -0.05) is 62.2 Å². The number of allylic oxidation sites excluding steroid dienone is 1. The minimum absolute atomic E-state index is 0.583. The van der Waals surface area contributed by atoms with E-state index in [0.29, 0.717) is 12.0 Å². The molecule has 0 aromatic heterocycles. The van der Waals surface area contributed by atoms with Crippen molar-refractivity contribution in [3.8, 4) is 0 Å². The molecule has 1 nitrogen and oxygen atoms in total. The van der Waals surface area contributed by atoms with E-state index in [4.69, 9.17) is 0 Å². The Morgan fingerprint density at radius 3 is 2.17 bits per heavy atom. The number of likely N-dealkylation sites (tertiary alicyclic amines) is 1. The summed E-state index contributed by atoms with van der Waals surface area (Å²) in [4.78, 5) is 2.73. The molecule has 0 radical (unpaired) electrons. The van der Waals surface area contributed by atoms with Crippen molar-refractivity contribution in [1.29, 1.82) is 0 Å². The molecule has 1 aromatic carbocycles. The second-order valence-electron chi connectivity index (χ2n) is 8.48. The molecule has 1 heterocycles. The van der Waals surface area contributed by atoms with Gasteiger partial charge in [0.05, 0.1) is 0 Å². The molecule has 24 heavy (non-hydrogen) atoms. The van der Waals surface area contributed by atoms with Crippen LogP contribution in [0.15, 0.2) is 35.9 Å². The number of aryl methyl sites for hydroxylation is 1. The van der Waals surface area contributed by atoms with Crippen LogP contribution >= 0.6 is 0 Å². The number of hydrogen-bond acceptors (Lipinski definition) is 1. The van der Waals surface area contributed by atoms with Gasteiger partial charge >= 0.3 is 0 Å². The molecule has 1 saturated heterocycles. The lowest BCUT2D eigenvalue weighted by Crippen LogP contribution is -2.42. The first-order valence-electron chi connectivity index (χ1n) is 9.82. The molecule has 0 saturated carbocycles. The van der Waals surface area contributed by atoms with Crippen molar-refractivity contribution in [2.75, 3.05) is 13.1 Å². The van der Waals surface area contributed by atoms with Gasteiger partial charge in [0.25, 0.3) is 0 Å². The van der Waals surface area contributed by atoms with Crippen molar-refractivity contribution >= 4 is 0 Å². The van der Waals surface area contributed by atoms with Gasteiger partial charge in [0.1, 0.15) is 0 Å². The van der Waals surface area contributed by atoms with Gasteiger partial charge in [-0.05, 0) is 76.4 Å². The number of nitrogens with zero attached hydrogens (tertiary/aromatic N) is 1. The zero-order chi connectivity index (χ0) is 17.7. The van der Waals surface area contributed by atoms with Crippen LogP contribution in [0.1, 0.15) is 70.9 Å². The smallest absolute Gasteiger partial charge is 0.0286 e. The summed E-state index contributed by atoms with van der Waals surface area (Å²) >= 11 is 0. The molecular weight excluding hydrogens is 290 g/mol. The fraction of sp³-hybridized carbons (Fsp3) is 0.652. The molecular formula is C23H37N. The molecule has 2 atom stereocenters. The highest BCUT2D eigenvalue weighted by atomic mass is 15.2. The Kier molecular flexibility index (Phi) is 7.10. The maximum atomic E-state index is 2.73. The van der Waals surface area contributed by atoms with E-state index in [1.165, 1.54) is 49.1 Å². The molecule has 0 N–H and O–H groups in total. The van der Waals surface area contributed by atoms with Crippen LogP contribution in [0.5, 0.6) is 0 Å². The molecule has 1 fully saturated rings. The van der Waals surface area contributed by atoms with Crippen LogP contribution in [0.4, 0.5) is 0 Å². The predicted octanol–water partition coefficient (Wildman–Crippen LogP) is 6.19. The van der Waals surface area contributed by atoms with Crippen molar-refractivity contribution in [2.45, 2.75) is 72.8 Å². The first kappa shape index (κ1) is 19.2. The predicted molar refractivity (Wildman–Crippen MR) is 107 cm³/mol. The highest BCUT2D eigenvalue weighted by Crippen LogP contribution is 2.30. The van der Waals surface area contributed by atoms with Gasteiger partial charge in [0.2, 0.25) is 0 Å². The van der Waals surface area contributed by atoms with Crippen LogP contribution in [0.2, 0.25) is 0 Å². The summed E-state index contributed by atoms with van der Waals surface area (Å²) in [5, 5.41) is 0. The van der Waals surface area contributed by atoms with E-state index >= 15 is 0 Å². The molecule has 1 unspecified atom stereocenters. The van der Waals surface area contributed by atoms with E-state index in [-0.39, 0.29) is 0 Å². The highest BCUT2D eigenvalue weighted by Gasteiger charge is 2.26. The lowest BCUT2D eigenvalue weighted by Gasteiger charge is -2.39. The van der Waals surface area contributed by atoms with E-state index in [2.05, 4.69) is 76.8 Å². The summed E-state index contributed by atoms with van der Waals surface area (Å²) in [6.45, 7) is 16.3. The summed E-state index contributed by atoms with van der Waals surface area (Å²) in [6.07, 6.45) is 6.45. The van der Waals surface area contributed by atoms with Crippen molar-refractivity contribution in [2.24, 2.45) is 11.8 Å². The largest absolute Gasteiger partial charge is 0.297 e. The lowest BCUT2D eigenvalue weighted by atomic mass is 9.85. The summed E-state index contributed by atoms with van der Waals surface area (Å²) < 4.78 is 0. The Balaban J connectivity index is 2.03. The van der Waals surface area contributed by atoms with E-state index in [1.807, 2.05) is 0 Å². The van der Waals surface area contributed by atoms with Gasteiger partial charge in [-0.2, -0.15) is 0 Å². The first-order chi connectivity index (χ1) is 11.4. The monoisotopic (exact) mass is 327 g/mol. The third-order valence-corrected chi connectivity index (χ3v) is 5.75. The third kappa shape index (κ3) is 5.48. The Bertz CT molecular complexity index is 513. The highest BCUT2D eigenvalue weighted by molar-refractivity contribution is 5.24. The van der Waals surface area contributed by atoms with E-state index in [0.717, 1.165) is 11.8 Å². The van der Waals surface area contributed by atoms with Crippen LogP contribution in [0.25, 0.3) is 0 Å². The van der Waals surface area contributed by atoms with Crippen LogP contribution in [-0.4, -0.2) is 24.0 Å². The summed E-state index contributed by atoms with van der Waals surface area (Å²) in [6, 6.07) is 9.69. The normalized spacial score (nSPS) is 19.3. The molecule has 1 aliphatic rings. The first-order valence-corrected chi connectivity index (χ1v) is 9.82. The van der Waals surface area contributed by atoms with E-state index in [1.54, 1.807) is 0 Å². The maximum absolute atomic E-state index is 2.73. The molecule has 0 bridgehead atoms.